The first-order chi connectivity index (χ1) is 16.8. The van der Waals surface area contributed by atoms with Crippen molar-refractivity contribution < 1.29 is 13.2 Å². The van der Waals surface area contributed by atoms with Crippen LogP contribution >= 0.6 is 0 Å². The molecule has 4 heterocycles. The molecule has 2 aliphatic rings. The van der Waals surface area contributed by atoms with Crippen molar-refractivity contribution in [3.63, 3.8) is 0 Å². The van der Waals surface area contributed by atoms with Crippen LogP contribution in [0.3, 0.4) is 0 Å². The molecule has 2 fully saturated rings. The second kappa shape index (κ2) is 8.22. The number of alkyl halides is 3. The number of fused-ring (bicyclic) bond motifs is 2. The topological polar surface area (TPSA) is 48.1 Å². The molecule has 1 N–H and O–H groups in total. The van der Waals surface area contributed by atoms with Gasteiger partial charge >= 0.3 is 6.18 Å². The van der Waals surface area contributed by atoms with Gasteiger partial charge in [0.15, 0.2) is 0 Å². The number of nitrogens with zero attached hydrogens (tertiary/aromatic N) is 4. The molecular weight excluding hydrogens is 451 g/mol. The number of H-pyrrole nitrogens is 1. The monoisotopic (exact) mass is 479 g/mol. The number of nitrogens with one attached hydrogen (secondary N) is 1. The fourth-order valence-electron chi connectivity index (χ4n) is 5.84. The highest BCUT2D eigenvalue weighted by atomic mass is 19.4. The van der Waals surface area contributed by atoms with E-state index in [-0.39, 0.29) is 11.0 Å². The molecule has 0 bridgehead atoms. The van der Waals surface area contributed by atoms with Crippen LogP contribution in [0.25, 0.3) is 21.8 Å². The number of likely N-dealkylation sites (tertiary alicyclic amines) is 1. The van der Waals surface area contributed by atoms with E-state index >= 15 is 0 Å². The minimum absolute atomic E-state index is 0.248. The number of anilines is 1. The summed E-state index contributed by atoms with van der Waals surface area (Å²) in [7, 11) is 0. The summed E-state index contributed by atoms with van der Waals surface area (Å²) < 4.78 is 38.7. The zero-order valence-electron chi connectivity index (χ0n) is 19.7. The lowest BCUT2D eigenvalue weighted by atomic mass is 9.72. The number of aromatic amines is 1. The van der Waals surface area contributed by atoms with Gasteiger partial charge in [0.25, 0.3) is 0 Å². The Labute approximate surface area is 202 Å². The molecule has 2 saturated heterocycles. The van der Waals surface area contributed by atoms with Crippen molar-refractivity contribution >= 4 is 27.6 Å². The van der Waals surface area contributed by atoms with E-state index < -0.39 is 12.6 Å². The van der Waals surface area contributed by atoms with Gasteiger partial charge in [-0.1, -0.05) is 12.1 Å². The Morgan fingerprint density at radius 3 is 2.57 bits per heavy atom. The van der Waals surface area contributed by atoms with E-state index in [9.17, 15) is 13.2 Å². The van der Waals surface area contributed by atoms with Crippen LogP contribution in [0, 0.1) is 12.3 Å². The van der Waals surface area contributed by atoms with Crippen molar-refractivity contribution in [1.82, 2.24) is 19.9 Å². The van der Waals surface area contributed by atoms with Gasteiger partial charge in [0, 0.05) is 47.5 Å². The number of aryl methyl sites for hydroxylation is 1. The van der Waals surface area contributed by atoms with Crippen molar-refractivity contribution in [3.05, 3.63) is 65.6 Å². The third-order valence-corrected chi connectivity index (χ3v) is 7.86. The second-order valence-electron chi connectivity index (χ2n) is 10.3. The predicted molar refractivity (Wildman–Crippen MR) is 131 cm³/mol. The Morgan fingerprint density at radius 2 is 1.80 bits per heavy atom. The van der Waals surface area contributed by atoms with Gasteiger partial charge in [-0.05, 0) is 73.8 Å². The number of rotatable bonds is 4. The van der Waals surface area contributed by atoms with E-state index in [2.05, 4.69) is 49.9 Å². The normalized spacial score (nSPS) is 18.5. The molecule has 4 aromatic rings. The lowest BCUT2D eigenvalue weighted by Crippen LogP contribution is -2.60. The van der Waals surface area contributed by atoms with Crippen LogP contribution in [0.5, 0.6) is 0 Å². The lowest BCUT2D eigenvalue weighted by molar-refractivity contribution is -0.127. The van der Waals surface area contributed by atoms with E-state index in [0.29, 0.717) is 10.9 Å². The van der Waals surface area contributed by atoms with Crippen molar-refractivity contribution in [2.45, 2.75) is 38.9 Å². The Balaban J connectivity index is 1.12. The third-order valence-electron chi connectivity index (χ3n) is 7.86. The van der Waals surface area contributed by atoms with Crippen LogP contribution in [0.2, 0.25) is 0 Å². The minimum Gasteiger partial charge on any atom is -0.361 e. The average Bonchev–Trinajstić information content (AvgIpc) is 3.28. The molecule has 2 aliphatic heterocycles. The van der Waals surface area contributed by atoms with Gasteiger partial charge in [-0.3, -0.25) is 4.90 Å². The summed E-state index contributed by atoms with van der Waals surface area (Å²) >= 11 is 0. The Bertz CT molecular complexity index is 1380. The SMILES string of the molecule is Cc1c(CN2CCC3(CC2)CN(c2ncnc4ccc(CC(F)(F)F)cc24)C3)ccc2[nH]ccc12. The second-order valence-corrected chi connectivity index (χ2v) is 10.3. The molecule has 35 heavy (non-hydrogen) atoms. The smallest absolute Gasteiger partial charge is 0.361 e. The average molecular weight is 480 g/mol. The zero-order chi connectivity index (χ0) is 24.2. The summed E-state index contributed by atoms with van der Waals surface area (Å²) in [6.07, 6.45) is 0.580. The number of aromatic nitrogens is 3. The highest BCUT2D eigenvalue weighted by Crippen LogP contribution is 2.44. The van der Waals surface area contributed by atoms with Gasteiger partial charge in [-0.15, -0.1) is 0 Å². The molecular formula is C27H28F3N5. The fourth-order valence-corrected chi connectivity index (χ4v) is 5.84. The van der Waals surface area contributed by atoms with Gasteiger partial charge in [0.1, 0.15) is 12.1 Å². The highest BCUT2D eigenvalue weighted by Gasteiger charge is 2.45. The molecule has 0 atom stereocenters. The van der Waals surface area contributed by atoms with E-state index in [1.165, 1.54) is 34.4 Å². The van der Waals surface area contributed by atoms with Crippen LogP contribution in [0.4, 0.5) is 19.0 Å². The molecule has 5 nitrogen and oxygen atoms in total. The number of hydrogen-bond donors (Lipinski definition) is 1. The Hall–Kier alpha value is -3.13. The molecule has 0 saturated carbocycles. The lowest BCUT2D eigenvalue weighted by Gasteiger charge is -2.54. The van der Waals surface area contributed by atoms with Crippen LogP contribution in [0.1, 0.15) is 29.5 Å². The number of piperidine rings is 1. The van der Waals surface area contributed by atoms with Crippen LogP contribution < -0.4 is 4.90 Å². The van der Waals surface area contributed by atoms with Gasteiger partial charge in [-0.25, -0.2) is 9.97 Å². The van der Waals surface area contributed by atoms with Crippen LogP contribution in [0.15, 0.2) is 48.9 Å². The van der Waals surface area contributed by atoms with Crippen LogP contribution in [-0.2, 0) is 13.0 Å². The molecule has 182 valence electrons. The van der Waals surface area contributed by atoms with Gasteiger partial charge < -0.3 is 9.88 Å². The first-order valence-electron chi connectivity index (χ1n) is 12.1. The quantitative estimate of drug-likeness (QED) is 0.412. The summed E-state index contributed by atoms with van der Waals surface area (Å²) in [5.41, 5.74) is 5.10. The van der Waals surface area contributed by atoms with E-state index in [4.69, 9.17) is 0 Å². The third kappa shape index (κ3) is 4.24. The standard InChI is InChI=1S/C27H28F3N5/c1-18-20(3-5-23-21(18)6-9-31-23)14-34-10-7-26(8-11-34)15-35(16-26)25-22-12-19(13-27(28,29)30)2-4-24(22)32-17-33-25/h2-6,9,12,17,31H,7-8,10-11,13-16H2,1H3. The number of benzene rings is 2. The number of halogens is 3. The first-order valence-corrected chi connectivity index (χ1v) is 12.1. The highest BCUT2D eigenvalue weighted by molar-refractivity contribution is 5.90. The number of hydrogen-bond acceptors (Lipinski definition) is 4. The first kappa shape index (κ1) is 22.3. The van der Waals surface area contributed by atoms with Crippen molar-refractivity contribution in [3.8, 4) is 0 Å². The van der Waals surface area contributed by atoms with E-state index in [1.54, 1.807) is 12.1 Å². The molecule has 0 amide bonds. The molecule has 0 radical (unpaired) electrons. The molecule has 0 unspecified atom stereocenters. The van der Waals surface area contributed by atoms with Gasteiger partial charge in [-0.2, -0.15) is 13.2 Å². The van der Waals surface area contributed by atoms with Crippen molar-refractivity contribution in [1.29, 1.82) is 0 Å². The minimum atomic E-state index is -4.23. The Kier molecular flexibility index (Phi) is 5.25. The zero-order valence-corrected chi connectivity index (χ0v) is 19.7. The Morgan fingerprint density at radius 1 is 1.00 bits per heavy atom. The maximum Gasteiger partial charge on any atom is 0.393 e. The van der Waals surface area contributed by atoms with E-state index in [0.717, 1.165) is 51.4 Å². The summed E-state index contributed by atoms with van der Waals surface area (Å²) in [5.74, 6) is 0.752. The maximum atomic E-state index is 12.9. The molecule has 0 aliphatic carbocycles. The van der Waals surface area contributed by atoms with E-state index in [1.807, 2.05) is 6.20 Å². The van der Waals surface area contributed by atoms with Crippen molar-refractivity contribution in [2.75, 3.05) is 31.1 Å². The van der Waals surface area contributed by atoms with Gasteiger partial charge in [0.05, 0.1) is 11.9 Å². The van der Waals surface area contributed by atoms with Gasteiger partial charge in [0.2, 0.25) is 0 Å². The molecule has 2 aromatic carbocycles. The summed E-state index contributed by atoms with van der Waals surface area (Å²) in [6, 6.07) is 11.3. The van der Waals surface area contributed by atoms with Crippen molar-refractivity contribution in [2.24, 2.45) is 5.41 Å². The predicted octanol–water partition coefficient (Wildman–Crippen LogP) is 5.63. The maximum absolute atomic E-state index is 12.9. The molecule has 1 spiro atoms. The van der Waals surface area contributed by atoms with Crippen LogP contribution in [-0.4, -0.2) is 52.2 Å². The summed E-state index contributed by atoms with van der Waals surface area (Å²) in [5, 5.41) is 2.00. The summed E-state index contributed by atoms with van der Waals surface area (Å²) in [4.78, 5) is 16.8. The largest absolute Gasteiger partial charge is 0.393 e. The fraction of sp³-hybridized carbons (Fsp3) is 0.407. The molecule has 6 rings (SSSR count). The molecule has 8 heteroatoms. The summed E-state index contributed by atoms with van der Waals surface area (Å²) in [6.45, 7) is 7.06. The molecule has 2 aromatic heterocycles.